The molecule has 0 amide bonds. The van der Waals surface area contributed by atoms with Crippen LogP contribution in [0.5, 0.6) is 0 Å². The zero-order valence-electron chi connectivity index (χ0n) is 12.3. The first kappa shape index (κ1) is 16.4. The predicted octanol–water partition coefficient (Wildman–Crippen LogP) is 2.23. The van der Waals surface area contributed by atoms with E-state index in [0.29, 0.717) is 6.54 Å². The lowest BCUT2D eigenvalue weighted by Crippen LogP contribution is -2.31. The van der Waals surface area contributed by atoms with Gasteiger partial charge in [0.05, 0.1) is 11.5 Å². The van der Waals surface area contributed by atoms with Crippen LogP contribution in [-0.2, 0) is 6.54 Å². The smallest absolute Gasteiger partial charge is 0.269 e. The van der Waals surface area contributed by atoms with Crippen molar-refractivity contribution in [2.75, 3.05) is 25.5 Å². The molecule has 1 unspecified atom stereocenters. The van der Waals surface area contributed by atoms with Crippen molar-refractivity contribution in [3.63, 3.8) is 0 Å². The number of rotatable bonds is 8. The third kappa shape index (κ3) is 4.47. The summed E-state index contributed by atoms with van der Waals surface area (Å²) in [6.45, 7) is 5.41. The van der Waals surface area contributed by atoms with E-state index in [1.165, 1.54) is 6.07 Å². The Labute approximate surface area is 119 Å². The normalized spacial score (nSPS) is 12.4. The maximum atomic E-state index is 10.9. The summed E-state index contributed by atoms with van der Waals surface area (Å²) < 4.78 is 0. The fourth-order valence-corrected chi connectivity index (χ4v) is 1.82. The predicted molar refractivity (Wildman–Crippen MR) is 79.9 cm³/mol. The molecule has 1 atom stereocenters. The maximum Gasteiger partial charge on any atom is 0.269 e. The van der Waals surface area contributed by atoms with Crippen LogP contribution in [-0.4, -0.2) is 41.2 Å². The number of hydrogen-bond donors (Lipinski definition) is 2. The summed E-state index contributed by atoms with van der Waals surface area (Å²) in [5.74, 6) is 0. The van der Waals surface area contributed by atoms with Crippen LogP contribution < -0.4 is 5.32 Å². The average molecular weight is 281 g/mol. The van der Waals surface area contributed by atoms with Gasteiger partial charge in [-0.05, 0) is 32.0 Å². The van der Waals surface area contributed by atoms with Crippen LogP contribution in [0.15, 0.2) is 18.2 Å². The molecule has 6 heteroatoms. The Morgan fingerprint density at radius 1 is 1.50 bits per heavy atom. The Bertz CT molecular complexity index is 451. The van der Waals surface area contributed by atoms with Crippen molar-refractivity contribution in [2.24, 2.45) is 0 Å². The number of anilines is 1. The van der Waals surface area contributed by atoms with E-state index >= 15 is 0 Å². The molecule has 0 fully saturated rings. The molecule has 0 heterocycles. The molecular formula is C14H23N3O3. The summed E-state index contributed by atoms with van der Waals surface area (Å²) in [5, 5.41) is 23.3. The summed E-state index contributed by atoms with van der Waals surface area (Å²) in [6.07, 6.45) is 0.985. The van der Waals surface area contributed by atoms with Crippen molar-refractivity contribution in [2.45, 2.75) is 32.9 Å². The highest BCUT2D eigenvalue weighted by atomic mass is 16.6. The lowest BCUT2D eigenvalue weighted by atomic mass is 10.1. The van der Waals surface area contributed by atoms with Gasteiger partial charge in [0.1, 0.15) is 0 Å². The van der Waals surface area contributed by atoms with Crippen LogP contribution >= 0.6 is 0 Å². The summed E-state index contributed by atoms with van der Waals surface area (Å²) >= 11 is 0. The lowest BCUT2D eigenvalue weighted by molar-refractivity contribution is -0.384. The molecule has 0 aliphatic carbocycles. The lowest BCUT2D eigenvalue weighted by Gasteiger charge is -2.24. The van der Waals surface area contributed by atoms with Crippen LogP contribution in [0.25, 0.3) is 0 Å². The van der Waals surface area contributed by atoms with E-state index < -0.39 is 0 Å². The third-order valence-corrected chi connectivity index (χ3v) is 3.30. The fourth-order valence-electron chi connectivity index (χ4n) is 1.82. The van der Waals surface area contributed by atoms with Gasteiger partial charge in [-0.25, -0.2) is 0 Å². The van der Waals surface area contributed by atoms with E-state index in [1.807, 2.05) is 18.9 Å². The fraction of sp³-hybridized carbons (Fsp3) is 0.571. The number of benzene rings is 1. The second-order valence-corrected chi connectivity index (χ2v) is 4.97. The molecule has 0 saturated heterocycles. The zero-order chi connectivity index (χ0) is 15.1. The molecule has 112 valence electrons. The number of nitro benzene ring substituents is 1. The monoisotopic (exact) mass is 281 g/mol. The molecule has 0 radical (unpaired) electrons. The quantitative estimate of drug-likeness (QED) is 0.564. The Morgan fingerprint density at radius 2 is 2.20 bits per heavy atom. The highest BCUT2D eigenvalue weighted by Crippen LogP contribution is 2.24. The highest BCUT2D eigenvalue weighted by molar-refractivity contribution is 5.56. The summed E-state index contributed by atoms with van der Waals surface area (Å²) in [6, 6.07) is 4.86. The van der Waals surface area contributed by atoms with Gasteiger partial charge in [0.25, 0.3) is 5.69 Å². The van der Waals surface area contributed by atoms with E-state index in [1.54, 1.807) is 12.1 Å². The third-order valence-electron chi connectivity index (χ3n) is 3.30. The Hall–Kier alpha value is -1.66. The van der Waals surface area contributed by atoms with Crippen molar-refractivity contribution in [1.29, 1.82) is 0 Å². The average Bonchev–Trinajstić information content (AvgIpc) is 2.44. The molecule has 1 rings (SSSR count). The molecule has 6 nitrogen and oxygen atoms in total. The molecule has 0 bridgehead atoms. The van der Waals surface area contributed by atoms with Gasteiger partial charge in [0.15, 0.2) is 0 Å². The van der Waals surface area contributed by atoms with Gasteiger partial charge >= 0.3 is 0 Å². The second kappa shape index (κ2) is 7.81. The molecule has 0 spiro atoms. The standard InChI is InChI=1S/C14H23N3O3/c1-4-7-15-14-6-5-13(17(19)20)8-12(14)9-16(3)11(2)10-18/h5-6,8,11,15,18H,4,7,9-10H2,1-3H3. The molecule has 1 aromatic rings. The summed E-state index contributed by atoms with van der Waals surface area (Å²) in [4.78, 5) is 12.5. The molecule has 0 aliphatic heterocycles. The van der Waals surface area contributed by atoms with Gasteiger partial charge in [0, 0.05) is 37.0 Å². The maximum absolute atomic E-state index is 10.9. The highest BCUT2D eigenvalue weighted by Gasteiger charge is 2.14. The van der Waals surface area contributed by atoms with Gasteiger partial charge < -0.3 is 10.4 Å². The molecule has 0 saturated carbocycles. The summed E-state index contributed by atoms with van der Waals surface area (Å²) in [5.41, 5.74) is 1.87. The van der Waals surface area contributed by atoms with E-state index in [2.05, 4.69) is 12.2 Å². The molecule has 0 aromatic heterocycles. The second-order valence-electron chi connectivity index (χ2n) is 4.97. The van der Waals surface area contributed by atoms with Crippen molar-refractivity contribution >= 4 is 11.4 Å². The van der Waals surface area contributed by atoms with Crippen LogP contribution in [0.4, 0.5) is 11.4 Å². The molecule has 2 N–H and O–H groups in total. The number of hydrogen-bond acceptors (Lipinski definition) is 5. The van der Waals surface area contributed by atoms with Crippen LogP contribution in [0.2, 0.25) is 0 Å². The number of likely N-dealkylation sites (N-methyl/N-ethyl adjacent to an activating group) is 1. The first-order chi connectivity index (χ1) is 9.49. The Morgan fingerprint density at radius 3 is 2.75 bits per heavy atom. The summed E-state index contributed by atoms with van der Waals surface area (Å²) in [7, 11) is 1.89. The minimum absolute atomic E-state index is 0.00767. The van der Waals surface area contributed by atoms with E-state index in [0.717, 1.165) is 24.2 Å². The first-order valence-corrected chi connectivity index (χ1v) is 6.81. The van der Waals surface area contributed by atoms with Gasteiger partial charge in [-0.1, -0.05) is 6.92 Å². The number of non-ortho nitro benzene ring substituents is 1. The van der Waals surface area contributed by atoms with Crippen molar-refractivity contribution in [1.82, 2.24) is 4.90 Å². The van der Waals surface area contributed by atoms with Crippen LogP contribution in [0.1, 0.15) is 25.8 Å². The SMILES string of the molecule is CCCNc1ccc([N+](=O)[O-])cc1CN(C)C(C)CO. The number of nitrogens with one attached hydrogen (secondary N) is 1. The topological polar surface area (TPSA) is 78.6 Å². The number of aliphatic hydroxyl groups excluding tert-OH is 1. The first-order valence-electron chi connectivity index (χ1n) is 6.81. The van der Waals surface area contributed by atoms with Gasteiger partial charge in [0.2, 0.25) is 0 Å². The van der Waals surface area contributed by atoms with Crippen LogP contribution in [0, 0.1) is 10.1 Å². The zero-order valence-corrected chi connectivity index (χ0v) is 12.3. The van der Waals surface area contributed by atoms with Crippen LogP contribution in [0.3, 0.4) is 0 Å². The van der Waals surface area contributed by atoms with E-state index in [4.69, 9.17) is 0 Å². The minimum Gasteiger partial charge on any atom is -0.395 e. The van der Waals surface area contributed by atoms with Crippen molar-refractivity contribution in [3.05, 3.63) is 33.9 Å². The van der Waals surface area contributed by atoms with Crippen molar-refractivity contribution in [3.8, 4) is 0 Å². The Kier molecular flexibility index (Phi) is 6.41. The molecule has 20 heavy (non-hydrogen) atoms. The van der Waals surface area contributed by atoms with Gasteiger partial charge in [-0.15, -0.1) is 0 Å². The number of aliphatic hydroxyl groups is 1. The van der Waals surface area contributed by atoms with Crippen molar-refractivity contribution < 1.29 is 10.0 Å². The van der Waals surface area contributed by atoms with Gasteiger partial charge in [-0.2, -0.15) is 0 Å². The van der Waals surface area contributed by atoms with Gasteiger partial charge in [-0.3, -0.25) is 15.0 Å². The number of nitro groups is 1. The van der Waals surface area contributed by atoms with E-state index in [-0.39, 0.29) is 23.3 Å². The molecule has 0 aliphatic rings. The molecule has 1 aromatic carbocycles. The molecular weight excluding hydrogens is 258 g/mol. The number of nitrogens with zero attached hydrogens (tertiary/aromatic N) is 2. The minimum atomic E-state index is -0.386. The largest absolute Gasteiger partial charge is 0.395 e. The Balaban J connectivity index is 2.98. The van der Waals surface area contributed by atoms with E-state index in [9.17, 15) is 15.2 Å².